The van der Waals surface area contributed by atoms with Gasteiger partial charge in [-0.05, 0) is 0 Å². The molecule has 0 saturated heterocycles. The summed E-state index contributed by atoms with van der Waals surface area (Å²) in [6.45, 7) is 1.06. The summed E-state index contributed by atoms with van der Waals surface area (Å²) >= 11 is 0. The molecular weight excluding hydrogens is 166 g/mol. The first-order chi connectivity index (χ1) is 3.31. The molecule has 2 nitrogen and oxygen atoms in total. The molecule has 0 aliphatic carbocycles. The maximum absolute atomic E-state index is 12.0. The van der Waals surface area contributed by atoms with E-state index in [1.807, 2.05) is 0 Å². The third kappa shape index (κ3) is 11.8. The van der Waals surface area contributed by atoms with E-state index in [0.717, 1.165) is 0 Å². The van der Waals surface area contributed by atoms with Gasteiger partial charge >= 0.3 is 0 Å². The fourth-order valence-corrected chi connectivity index (χ4v) is 0.366. The number of alkyl halides is 1. The van der Waals surface area contributed by atoms with Gasteiger partial charge < -0.3 is 36.3 Å². The van der Waals surface area contributed by atoms with E-state index in [1.165, 1.54) is 0 Å². The lowest BCUT2D eigenvalue weighted by Crippen LogP contribution is -3.00. The van der Waals surface area contributed by atoms with Crippen molar-refractivity contribution in [2.24, 2.45) is 0 Å². The lowest BCUT2D eigenvalue weighted by molar-refractivity contribution is -0.394. The molecule has 0 saturated carbocycles. The van der Waals surface area contributed by atoms with E-state index in [4.69, 9.17) is 0 Å². The monoisotopic (exact) mass is 178 g/mol. The largest absolute Gasteiger partial charge is 1.00 e. The van der Waals surface area contributed by atoms with Gasteiger partial charge in [0.1, 0.15) is 6.54 Å². The van der Waals surface area contributed by atoms with Gasteiger partial charge in [-0.15, -0.1) is 0 Å². The van der Waals surface area contributed by atoms with Crippen molar-refractivity contribution in [3.63, 3.8) is 0 Å². The molecule has 0 heterocycles. The Morgan fingerprint density at radius 1 is 1.22 bits per heavy atom. The number of hydrogen-bond acceptors (Lipinski definition) is 0. The summed E-state index contributed by atoms with van der Waals surface area (Å²) < 4.78 is 12.0. The highest BCUT2D eigenvalue weighted by Gasteiger charge is 2.02. The first kappa shape index (κ1) is 16.2. The quantitative estimate of drug-likeness (QED) is 0.432. The zero-order valence-electron chi connectivity index (χ0n) is 5.25. The van der Waals surface area contributed by atoms with Crippen LogP contribution in [0.3, 0.4) is 0 Å². The van der Waals surface area contributed by atoms with E-state index in [-0.39, 0.29) is 24.8 Å². The highest BCUT2D eigenvalue weighted by Crippen LogP contribution is 1.88. The van der Waals surface area contributed by atoms with Crippen molar-refractivity contribution in [3.8, 4) is 0 Å². The first-order valence-electron chi connectivity index (χ1n) is 2.53. The second-order valence-electron chi connectivity index (χ2n) is 1.53. The second kappa shape index (κ2) is 11.3. The van der Waals surface area contributed by atoms with E-state index in [2.05, 4.69) is 11.5 Å². The van der Waals surface area contributed by atoms with Crippen LogP contribution in [0.4, 0.5) is 4.39 Å². The van der Waals surface area contributed by atoms with E-state index < -0.39 is 6.17 Å². The molecule has 0 aromatic carbocycles. The molecule has 0 aliphatic heterocycles. The molecule has 0 fully saturated rings. The molecule has 0 rings (SSSR count). The maximum Gasteiger partial charge on any atom is 0.154 e. The molecule has 0 bridgehead atoms. The number of halogens is 3. The lowest BCUT2D eigenvalue weighted by Gasteiger charge is -1.94. The summed E-state index contributed by atoms with van der Waals surface area (Å²) in [7, 11) is 0. The Morgan fingerprint density at radius 2 is 1.67 bits per heavy atom. The zero-order valence-corrected chi connectivity index (χ0v) is 6.76. The Hall–Kier alpha value is 0.430. The van der Waals surface area contributed by atoms with Crippen molar-refractivity contribution in [2.45, 2.75) is 12.6 Å². The molecule has 6 N–H and O–H groups in total. The SMILES string of the molecule is [Cl-].[Cl-].[NH3+]CC[C@@H](F)C[NH3+]. The van der Waals surface area contributed by atoms with Crippen LogP contribution in [0, 0.1) is 0 Å². The second-order valence-corrected chi connectivity index (χ2v) is 1.53. The number of rotatable bonds is 3. The van der Waals surface area contributed by atoms with Crippen LogP contribution in [-0.2, 0) is 0 Å². The average Bonchev–Trinajstić information content (AvgIpc) is 1.68. The van der Waals surface area contributed by atoms with Crippen LogP contribution in [0.5, 0.6) is 0 Å². The molecule has 1 atom stereocenters. The summed E-state index contributed by atoms with van der Waals surface area (Å²) in [5, 5.41) is 0. The highest BCUT2D eigenvalue weighted by atomic mass is 35.5. The molecule has 0 radical (unpaired) electrons. The van der Waals surface area contributed by atoms with Crippen molar-refractivity contribution in [2.75, 3.05) is 13.1 Å². The fraction of sp³-hybridized carbons (Fsp3) is 1.00. The van der Waals surface area contributed by atoms with Crippen molar-refractivity contribution >= 4 is 0 Å². The Labute approximate surface area is 67.0 Å². The summed E-state index contributed by atoms with van der Waals surface area (Å²) in [4.78, 5) is 0. The summed E-state index contributed by atoms with van der Waals surface area (Å²) in [5.74, 6) is 0. The maximum atomic E-state index is 12.0. The summed E-state index contributed by atoms with van der Waals surface area (Å²) in [5.41, 5.74) is 6.91. The van der Waals surface area contributed by atoms with Gasteiger partial charge in [-0.25, -0.2) is 4.39 Å². The van der Waals surface area contributed by atoms with Gasteiger partial charge in [0, 0.05) is 6.42 Å². The Kier molecular flexibility index (Phi) is 20.3. The zero-order chi connectivity index (χ0) is 5.70. The normalized spacial score (nSPS) is 11.0. The topological polar surface area (TPSA) is 55.3 Å². The summed E-state index contributed by atoms with van der Waals surface area (Å²) in [6, 6.07) is 0. The van der Waals surface area contributed by atoms with Gasteiger partial charge in [-0.3, -0.25) is 0 Å². The van der Waals surface area contributed by atoms with Crippen LogP contribution in [0.1, 0.15) is 6.42 Å². The van der Waals surface area contributed by atoms with Gasteiger partial charge in [0.25, 0.3) is 0 Å². The minimum Gasteiger partial charge on any atom is -1.00 e. The fourth-order valence-electron chi connectivity index (χ4n) is 0.366. The molecule has 0 aromatic rings. The predicted molar refractivity (Wildman–Crippen MR) is 25.0 cm³/mol. The molecular formula is C4H13Cl2FN2. The van der Waals surface area contributed by atoms with Crippen molar-refractivity contribution < 1.29 is 40.7 Å². The lowest BCUT2D eigenvalue weighted by atomic mass is 10.3. The molecule has 0 unspecified atom stereocenters. The molecule has 0 aromatic heterocycles. The van der Waals surface area contributed by atoms with Crippen LogP contribution in [0.15, 0.2) is 0 Å². The Bertz CT molecular complexity index is 47.5. The molecule has 0 aliphatic rings. The van der Waals surface area contributed by atoms with Gasteiger partial charge in [0.2, 0.25) is 0 Å². The van der Waals surface area contributed by atoms with Crippen LogP contribution in [-0.4, -0.2) is 19.3 Å². The predicted octanol–water partition coefficient (Wildman–Crippen LogP) is -7.79. The van der Waals surface area contributed by atoms with E-state index in [9.17, 15) is 4.39 Å². The smallest absolute Gasteiger partial charge is 0.154 e. The van der Waals surface area contributed by atoms with Gasteiger partial charge in [0.05, 0.1) is 6.54 Å². The molecule has 0 spiro atoms. The minimum atomic E-state index is -0.725. The van der Waals surface area contributed by atoms with Gasteiger partial charge in [0.15, 0.2) is 6.17 Å². The van der Waals surface area contributed by atoms with Gasteiger partial charge in [-0.1, -0.05) is 0 Å². The van der Waals surface area contributed by atoms with Crippen molar-refractivity contribution in [3.05, 3.63) is 0 Å². The first-order valence-corrected chi connectivity index (χ1v) is 2.53. The number of hydrogen-bond donors (Lipinski definition) is 2. The van der Waals surface area contributed by atoms with Gasteiger partial charge in [-0.2, -0.15) is 0 Å². The molecule has 0 amide bonds. The standard InChI is InChI=1S/C4H11FN2.2ClH/c5-4(3-7)1-2-6;;/h4H,1-3,6-7H2;2*1H/t4-;;/m1../s1. The van der Waals surface area contributed by atoms with E-state index >= 15 is 0 Å². The molecule has 60 valence electrons. The van der Waals surface area contributed by atoms with Crippen LogP contribution in [0.25, 0.3) is 0 Å². The average molecular weight is 179 g/mol. The minimum absolute atomic E-state index is 0. The third-order valence-electron chi connectivity index (χ3n) is 0.831. The van der Waals surface area contributed by atoms with Crippen LogP contribution in [0.2, 0.25) is 0 Å². The Balaban J connectivity index is -0.000000180. The highest BCUT2D eigenvalue weighted by molar-refractivity contribution is 4.47. The van der Waals surface area contributed by atoms with Crippen LogP contribution >= 0.6 is 0 Å². The summed E-state index contributed by atoms with van der Waals surface area (Å²) in [6.07, 6.45) is -0.166. The van der Waals surface area contributed by atoms with Crippen molar-refractivity contribution in [1.82, 2.24) is 0 Å². The molecule has 9 heavy (non-hydrogen) atoms. The van der Waals surface area contributed by atoms with Crippen molar-refractivity contribution in [1.29, 1.82) is 0 Å². The Morgan fingerprint density at radius 3 is 1.78 bits per heavy atom. The molecule has 5 heteroatoms. The number of quaternary nitrogens is 2. The van der Waals surface area contributed by atoms with Crippen LogP contribution < -0.4 is 36.3 Å². The van der Waals surface area contributed by atoms with E-state index in [0.29, 0.717) is 19.5 Å². The third-order valence-corrected chi connectivity index (χ3v) is 0.831. The van der Waals surface area contributed by atoms with E-state index in [1.54, 1.807) is 0 Å².